The van der Waals surface area contributed by atoms with Crippen molar-refractivity contribution in [3.8, 4) is 0 Å². The lowest BCUT2D eigenvalue weighted by Crippen LogP contribution is -2.42. The van der Waals surface area contributed by atoms with Crippen LogP contribution in [0.2, 0.25) is 0 Å². The fraction of sp³-hybridized carbons (Fsp3) is 1.00. The zero-order chi connectivity index (χ0) is 13.0. The Labute approximate surface area is 110 Å². The van der Waals surface area contributed by atoms with Crippen molar-refractivity contribution in [1.82, 2.24) is 9.62 Å². The summed E-state index contributed by atoms with van der Waals surface area (Å²) in [5, 5.41) is 3.26. The summed E-state index contributed by atoms with van der Waals surface area (Å²) < 4.78 is 31.0. The summed E-state index contributed by atoms with van der Waals surface area (Å²) in [5.41, 5.74) is 0. The van der Waals surface area contributed by atoms with Gasteiger partial charge in [0.2, 0.25) is 10.0 Å². The first kappa shape index (κ1) is 14.2. The van der Waals surface area contributed by atoms with Gasteiger partial charge in [-0.05, 0) is 31.6 Å². The average Bonchev–Trinajstić information content (AvgIpc) is 3.14. The second-order valence-electron chi connectivity index (χ2n) is 5.34. The average molecular weight is 276 g/mol. The van der Waals surface area contributed by atoms with Crippen LogP contribution in [-0.2, 0) is 14.8 Å². The molecule has 0 amide bonds. The molecule has 1 heterocycles. The molecule has 18 heavy (non-hydrogen) atoms. The molecule has 0 radical (unpaired) electrons. The van der Waals surface area contributed by atoms with E-state index in [-0.39, 0.29) is 5.75 Å². The van der Waals surface area contributed by atoms with Gasteiger partial charge >= 0.3 is 0 Å². The van der Waals surface area contributed by atoms with Gasteiger partial charge in [0.25, 0.3) is 0 Å². The molecule has 0 aromatic carbocycles. The number of hydrogen-bond donors (Lipinski definition) is 1. The number of hydrogen-bond acceptors (Lipinski definition) is 4. The second-order valence-corrected chi connectivity index (χ2v) is 7.43. The van der Waals surface area contributed by atoms with Crippen molar-refractivity contribution in [2.24, 2.45) is 5.92 Å². The Bertz CT molecular complexity index is 346. The summed E-state index contributed by atoms with van der Waals surface area (Å²) in [4.78, 5) is 0. The van der Waals surface area contributed by atoms with E-state index in [9.17, 15) is 8.42 Å². The van der Waals surface area contributed by atoms with Gasteiger partial charge in [0.05, 0.1) is 5.75 Å². The van der Waals surface area contributed by atoms with Gasteiger partial charge in [-0.15, -0.1) is 0 Å². The number of ether oxygens (including phenoxy) is 1. The van der Waals surface area contributed by atoms with E-state index in [1.807, 2.05) is 0 Å². The van der Waals surface area contributed by atoms with E-state index in [4.69, 9.17) is 4.74 Å². The SMILES string of the molecule is COCC1CCN(S(=O)(=O)CCNC2CC2)CC1. The first-order valence-electron chi connectivity index (χ1n) is 6.82. The van der Waals surface area contributed by atoms with Crippen LogP contribution in [0.5, 0.6) is 0 Å². The minimum atomic E-state index is -3.06. The van der Waals surface area contributed by atoms with Crippen LogP contribution in [0, 0.1) is 5.92 Å². The first-order valence-corrected chi connectivity index (χ1v) is 8.43. The highest BCUT2D eigenvalue weighted by molar-refractivity contribution is 7.89. The Kier molecular flexibility index (Phi) is 5.00. The van der Waals surface area contributed by atoms with Crippen LogP contribution >= 0.6 is 0 Å². The molecule has 1 N–H and O–H groups in total. The highest BCUT2D eigenvalue weighted by Crippen LogP contribution is 2.20. The van der Waals surface area contributed by atoms with Crippen molar-refractivity contribution in [1.29, 1.82) is 0 Å². The van der Waals surface area contributed by atoms with Gasteiger partial charge in [-0.3, -0.25) is 0 Å². The highest BCUT2D eigenvalue weighted by atomic mass is 32.2. The van der Waals surface area contributed by atoms with Crippen LogP contribution in [0.15, 0.2) is 0 Å². The standard InChI is InChI=1S/C12H24N2O3S/c1-17-10-11-4-7-14(8-5-11)18(15,16)9-6-13-12-2-3-12/h11-13H,2-10H2,1H3. The predicted octanol–water partition coefficient (Wildman–Crippen LogP) is 0.427. The summed E-state index contributed by atoms with van der Waals surface area (Å²) in [7, 11) is -1.36. The Hall–Kier alpha value is -0.170. The third-order valence-electron chi connectivity index (χ3n) is 3.74. The topological polar surface area (TPSA) is 58.6 Å². The van der Waals surface area contributed by atoms with Crippen LogP contribution in [0.4, 0.5) is 0 Å². The van der Waals surface area contributed by atoms with Crippen LogP contribution in [0.3, 0.4) is 0 Å². The molecular weight excluding hydrogens is 252 g/mol. The van der Waals surface area contributed by atoms with E-state index >= 15 is 0 Å². The van der Waals surface area contributed by atoms with Gasteiger partial charge in [-0.25, -0.2) is 12.7 Å². The molecule has 0 atom stereocenters. The lowest BCUT2D eigenvalue weighted by molar-refractivity contribution is 0.121. The number of rotatable bonds is 7. The molecule has 0 unspecified atom stereocenters. The van der Waals surface area contributed by atoms with Crippen molar-refractivity contribution >= 4 is 10.0 Å². The van der Waals surface area contributed by atoms with Gasteiger partial charge < -0.3 is 10.1 Å². The maximum Gasteiger partial charge on any atom is 0.215 e. The number of piperidine rings is 1. The van der Waals surface area contributed by atoms with E-state index in [0.717, 1.165) is 19.4 Å². The van der Waals surface area contributed by atoms with Crippen molar-refractivity contribution < 1.29 is 13.2 Å². The molecule has 1 aliphatic carbocycles. The molecular formula is C12H24N2O3S. The summed E-state index contributed by atoms with van der Waals surface area (Å²) in [6, 6.07) is 0.577. The first-order chi connectivity index (χ1) is 8.62. The van der Waals surface area contributed by atoms with Crippen LogP contribution in [0.25, 0.3) is 0 Å². The van der Waals surface area contributed by atoms with E-state index in [1.165, 1.54) is 12.8 Å². The van der Waals surface area contributed by atoms with Gasteiger partial charge in [-0.2, -0.15) is 0 Å². The molecule has 1 aliphatic heterocycles. The summed E-state index contributed by atoms with van der Waals surface area (Å²) in [6.07, 6.45) is 4.23. The summed E-state index contributed by atoms with van der Waals surface area (Å²) in [5.74, 6) is 0.754. The Morgan fingerprint density at radius 1 is 1.22 bits per heavy atom. The monoisotopic (exact) mass is 276 g/mol. The number of nitrogens with zero attached hydrogens (tertiary/aromatic N) is 1. The molecule has 1 saturated heterocycles. The fourth-order valence-electron chi connectivity index (χ4n) is 2.40. The third kappa shape index (κ3) is 4.19. The zero-order valence-electron chi connectivity index (χ0n) is 11.1. The van der Waals surface area contributed by atoms with Crippen molar-refractivity contribution in [2.45, 2.75) is 31.7 Å². The number of nitrogens with one attached hydrogen (secondary N) is 1. The molecule has 6 heteroatoms. The Balaban J connectivity index is 1.72. The Morgan fingerprint density at radius 2 is 1.89 bits per heavy atom. The van der Waals surface area contributed by atoms with Crippen LogP contribution < -0.4 is 5.32 Å². The highest BCUT2D eigenvalue weighted by Gasteiger charge is 2.28. The summed E-state index contributed by atoms with van der Waals surface area (Å²) in [6.45, 7) is 2.64. The van der Waals surface area contributed by atoms with E-state index < -0.39 is 10.0 Å². The molecule has 1 saturated carbocycles. The molecule has 0 aromatic heterocycles. The molecule has 0 aromatic rings. The van der Waals surface area contributed by atoms with Gasteiger partial charge in [0, 0.05) is 39.4 Å². The quantitative estimate of drug-likeness (QED) is 0.732. The molecule has 0 spiro atoms. The smallest absolute Gasteiger partial charge is 0.215 e. The van der Waals surface area contributed by atoms with Crippen molar-refractivity contribution in [3.05, 3.63) is 0 Å². The Morgan fingerprint density at radius 3 is 2.44 bits per heavy atom. The lowest BCUT2D eigenvalue weighted by atomic mass is 9.99. The van der Waals surface area contributed by atoms with E-state index in [0.29, 0.717) is 31.6 Å². The molecule has 0 bridgehead atoms. The number of sulfonamides is 1. The maximum absolute atomic E-state index is 12.1. The largest absolute Gasteiger partial charge is 0.384 e. The second kappa shape index (κ2) is 6.32. The molecule has 2 fully saturated rings. The third-order valence-corrected chi connectivity index (χ3v) is 5.61. The fourth-order valence-corrected chi connectivity index (χ4v) is 3.80. The molecule has 2 aliphatic rings. The van der Waals surface area contributed by atoms with Gasteiger partial charge in [0.15, 0.2) is 0 Å². The lowest BCUT2D eigenvalue weighted by Gasteiger charge is -2.30. The predicted molar refractivity (Wildman–Crippen MR) is 71.0 cm³/mol. The van der Waals surface area contributed by atoms with Crippen molar-refractivity contribution in [2.75, 3.05) is 39.1 Å². The minimum absolute atomic E-state index is 0.235. The normalized spacial score (nSPS) is 23.4. The summed E-state index contributed by atoms with van der Waals surface area (Å²) >= 11 is 0. The zero-order valence-corrected chi connectivity index (χ0v) is 11.9. The van der Waals surface area contributed by atoms with E-state index in [2.05, 4.69) is 5.32 Å². The van der Waals surface area contributed by atoms with Gasteiger partial charge in [-0.1, -0.05) is 0 Å². The molecule has 2 rings (SSSR count). The van der Waals surface area contributed by atoms with Crippen molar-refractivity contribution in [3.63, 3.8) is 0 Å². The van der Waals surface area contributed by atoms with Gasteiger partial charge in [0.1, 0.15) is 0 Å². The molecule has 106 valence electrons. The van der Waals surface area contributed by atoms with E-state index in [1.54, 1.807) is 11.4 Å². The van der Waals surface area contributed by atoms with Crippen LogP contribution in [-0.4, -0.2) is 57.9 Å². The minimum Gasteiger partial charge on any atom is -0.384 e. The molecule has 5 nitrogen and oxygen atoms in total. The van der Waals surface area contributed by atoms with Crippen LogP contribution in [0.1, 0.15) is 25.7 Å². The number of methoxy groups -OCH3 is 1. The maximum atomic E-state index is 12.1.